The fourth-order valence-corrected chi connectivity index (χ4v) is 5.23. The first kappa shape index (κ1) is 26.1. The Morgan fingerprint density at radius 1 is 1.16 bits per heavy atom. The molecule has 3 N–H and O–H groups in total. The number of halogens is 5. The predicted octanol–water partition coefficient (Wildman–Crippen LogP) is 2.45. The molecule has 1 amide bonds. The molecular formula is C23H23F5N8O2. The van der Waals surface area contributed by atoms with Crippen LogP contribution in [0.4, 0.5) is 22.0 Å². The number of carbonyl (C=O) groups is 1. The first-order valence-corrected chi connectivity index (χ1v) is 11.9. The molecule has 0 bridgehead atoms. The molecule has 3 fully saturated rings. The van der Waals surface area contributed by atoms with E-state index in [-0.39, 0.29) is 23.5 Å². The van der Waals surface area contributed by atoms with E-state index < -0.39 is 48.8 Å². The summed E-state index contributed by atoms with van der Waals surface area (Å²) in [5.41, 5.74) is 2.47. The SMILES string of the molecule is C[C@@H](c1ccc(C(F)(F)F)nc1)N1NC(C#N)C2C(=O)NC(C3CCC3c3ncc(OC(F)F)cn3)NC21. The molecule has 2 saturated heterocycles. The zero-order valence-electron chi connectivity index (χ0n) is 19.9. The van der Waals surface area contributed by atoms with Crippen LogP contribution >= 0.6 is 0 Å². The minimum absolute atomic E-state index is 0.118. The lowest BCUT2D eigenvalue weighted by molar-refractivity contribution is -0.141. The van der Waals surface area contributed by atoms with Gasteiger partial charge in [0.25, 0.3) is 0 Å². The topological polar surface area (TPSA) is 128 Å². The molecule has 2 aliphatic heterocycles. The standard InChI is InChI=1S/C23H23F5N8O2/c1-10(11-2-5-16(30-7-11)23(26,27)28)36-20-17(15(6-29)35-36)21(37)34-19(33-20)14-4-3-13(14)18-31-8-12(9-32-18)38-22(24)25/h2,5,7-10,13-15,17,19-20,22,33,35H,3-4H2,1H3,(H,34,37)/t10-,13?,14?,15?,17?,19?,20?/m0/s1. The van der Waals surface area contributed by atoms with Gasteiger partial charge in [-0.25, -0.2) is 20.4 Å². The lowest BCUT2D eigenvalue weighted by Crippen LogP contribution is -2.68. The monoisotopic (exact) mass is 538 g/mol. The molecule has 0 spiro atoms. The van der Waals surface area contributed by atoms with Crippen LogP contribution in [-0.2, 0) is 11.0 Å². The van der Waals surface area contributed by atoms with Gasteiger partial charge in [-0.05, 0) is 31.4 Å². The number of nitrogens with zero attached hydrogens (tertiary/aromatic N) is 5. The summed E-state index contributed by atoms with van der Waals surface area (Å²) in [6, 6.07) is 2.90. The Bertz CT molecular complexity index is 1210. The van der Waals surface area contributed by atoms with E-state index in [4.69, 9.17) is 0 Å². The molecule has 4 heterocycles. The van der Waals surface area contributed by atoms with E-state index in [0.29, 0.717) is 11.4 Å². The van der Waals surface area contributed by atoms with E-state index in [2.05, 4.69) is 41.8 Å². The number of nitrogens with one attached hydrogen (secondary N) is 3. The van der Waals surface area contributed by atoms with Gasteiger partial charge in [0.2, 0.25) is 5.91 Å². The Morgan fingerprint density at radius 2 is 1.89 bits per heavy atom. The van der Waals surface area contributed by atoms with Gasteiger partial charge < -0.3 is 10.1 Å². The summed E-state index contributed by atoms with van der Waals surface area (Å²) >= 11 is 0. The number of amides is 1. The number of hydrogen-bond donors (Lipinski definition) is 3. The molecular weight excluding hydrogens is 515 g/mol. The van der Waals surface area contributed by atoms with Gasteiger partial charge in [-0.15, -0.1) is 0 Å². The van der Waals surface area contributed by atoms with Gasteiger partial charge in [-0.3, -0.25) is 15.1 Å². The molecule has 1 aliphatic carbocycles. The molecule has 0 radical (unpaired) electrons. The van der Waals surface area contributed by atoms with E-state index >= 15 is 0 Å². The van der Waals surface area contributed by atoms with Crippen molar-refractivity contribution in [2.75, 3.05) is 0 Å². The van der Waals surface area contributed by atoms with Gasteiger partial charge in [0, 0.05) is 24.1 Å². The van der Waals surface area contributed by atoms with E-state index in [1.807, 2.05) is 0 Å². The number of hydrogen-bond acceptors (Lipinski definition) is 9. The van der Waals surface area contributed by atoms with Crippen LogP contribution in [-0.4, -0.2) is 50.9 Å². The second-order valence-corrected chi connectivity index (χ2v) is 9.42. The lowest BCUT2D eigenvalue weighted by Gasteiger charge is -2.47. The maximum Gasteiger partial charge on any atom is 0.433 e. The highest BCUT2D eigenvalue weighted by molar-refractivity contribution is 5.82. The van der Waals surface area contributed by atoms with E-state index in [0.717, 1.165) is 25.1 Å². The molecule has 38 heavy (non-hydrogen) atoms. The third-order valence-electron chi connectivity index (χ3n) is 7.31. The first-order chi connectivity index (χ1) is 18.1. The predicted molar refractivity (Wildman–Crippen MR) is 119 cm³/mol. The maximum atomic E-state index is 13.1. The molecule has 10 nitrogen and oxygen atoms in total. The van der Waals surface area contributed by atoms with Gasteiger partial charge in [-0.2, -0.15) is 27.2 Å². The van der Waals surface area contributed by atoms with Gasteiger partial charge in [0.15, 0.2) is 5.75 Å². The number of rotatable bonds is 6. The summed E-state index contributed by atoms with van der Waals surface area (Å²) < 4.78 is 68.0. The first-order valence-electron chi connectivity index (χ1n) is 11.9. The maximum absolute atomic E-state index is 13.1. The van der Waals surface area contributed by atoms with E-state index in [1.54, 1.807) is 11.9 Å². The van der Waals surface area contributed by atoms with Crippen LogP contribution in [0.2, 0.25) is 0 Å². The number of pyridine rings is 1. The number of hydrazine groups is 1. The van der Waals surface area contributed by atoms with Crippen LogP contribution in [0.5, 0.6) is 5.75 Å². The minimum atomic E-state index is -4.57. The van der Waals surface area contributed by atoms with Crippen molar-refractivity contribution >= 4 is 5.91 Å². The van der Waals surface area contributed by atoms with Crippen LogP contribution in [0.15, 0.2) is 30.7 Å². The number of ether oxygens (including phenoxy) is 1. The fourth-order valence-electron chi connectivity index (χ4n) is 5.23. The average molecular weight is 538 g/mol. The summed E-state index contributed by atoms with van der Waals surface area (Å²) in [7, 11) is 0. The summed E-state index contributed by atoms with van der Waals surface area (Å²) in [4.78, 5) is 25.0. The van der Waals surface area contributed by atoms with Gasteiger partial charge in [-0.1, -0.05) is 6.07 Å². The summed E-state index contributed by atoms with van der Waals surface area (Å²) in [6.45, 7) is -1.25. The van der Waals surface area contributed by atoms with E-state index in [1.165, 1.54) is 18.5 Å². The largest absolute Gasteiger partial charge is 0.433 e. The van der Waals surface area contributed by atoms with Crippen molar-refractivity contribution in [3.8, 4) is 11.8 Å². The van der Waals surface area contributed by atoms with Crippen LogP contribution in [0.3, 0.4) is 0 Å². The Hall–Kier alpha value is -3.48. The number of aromatic nitrogens is 3. The fraction of sp³-hybridized carbons (Fsp3) is 0.522. The Morgan fingerprint density at radius 3 is 2.45 bits per heavy atom. The molecule has 202 valence electrons. The van der Waals surface area contributed by atoms with Gasteiger partial charge in [0.1, 0.15) is 17.6 Å². The minimum Gasteiger partial charge on any atom is -0.432 e. The number of nitriles is 1. The highest BCUT2D eigenvalue weighted by atomic mass is 19.4. The Balaban J connectivity index is 1.33. The quantitative estimate of drug-likeness (QED) is 0.475. The van der Waals surface area contributed by atoms with Crippen molar-refractivity contribution in [1.82, 2.24) is 36.0 Å². The number of carbonyl (C=O) groups excluding carboxylic acids is 1. The molecule has 6 unspecified atom stereocenters. The van der Waals surface area contributed by atoms with Crippen LogP contribution in [0, 0.1) is 23.2 Å². The van der Waals surface area contributed by atoms with Crippen molar-refractivity contribution in [3.63, 3.8) is 0 Å². The summed E-state index contributed by atoms with van der Waals surface area (Å²) in [6.07, 6.45) is -0.794. The second-order valence-electron chi connectivity index (χ2n) is 9.42. The smallest absolute Gasteiger partial charge is 0.432 e. The molecule has 2 aromatic heterocycles. The zero-order valence-corrected chi connectivity index (χ0v) is 19.9. The summed E-state index contributed by atoms with van der Waals surface area (Å²) in [5, 5.41) is 17.6. The molecule has 2 aromatic rings. The van der Waals surface area contributed by atoms with Crippen LogP contribution in [0.25, 0.3) is 0 Å². The average Bonchev–Trinajstić information content (AvgIpc) is 3.22. The van der Waals surface area contributed by atoms with Crippen molar-refractivity contribution < 1.29 is 31.5 Å². The third kappa shape index (κ3) is 4.86. The van der Waals surface area contributed by atoms with Gasteiger partial charge >= 0.3 is 12.8 Å². The molecule has 0 aromatic carbocycles. The van der Waals surface area contributed by atoms with Gasteiger partial charge in [0.05, 0.1) is 36.7 Å². The zero-order chi connectivity index (χ0) is 27.2. The highest BCUT2D eigenvalue weighted by Crippen LogP contribution is 2.44. The Labute approximate surface area is 213 Å². The lowest BCUT2D eigenvalue weighted by atomic mass is 9.70. The molecule has 7 atom stereocenters. The normalized spacial score (nSPS) is 30.2. The number of alkyl halides is 5. The highest BCUT2D eigenvalue weighted by Gasteiger charge is 2.54. The summed E-state index contributed by atoms with van der Waals surface area (Å²) in [5.74, 6) is -1.12. The molecule has 1 saturated carbocycles. The van der Waals surface area contributed by atoms with Crippen molar-refractivity contribution in [1.29, 1.82) is 5.26 Å². The van der Waals surface area contributed by atoms with Crippen molar-refractivity contribution in [2.45, 2.75) is 62.9 Å². The van der Waals surface area contributed by atoms with Crippen molar-refractivity contribution in [3.05, 3.63) is 47.8 Å². The van der Waals surface area contributed by atoms with Crippen LogP contribution < -0.4 is 20.8 Å². The van der Waals surface area contributed by atoms with Crippen LogP contribution in [0.1, 0.15) is 48.8 Å². The second kappa shape index (κ2) is 10.0. The van der Waals surface area contributed by atoms with E-state index in [9.17, 15) is 32.0 Å². The third-order valence-corrected chi connectivity index (χ3v) is 7.31. The Kier molecular flexibility index (Phi) is 6.88. The molecule has 5 rings (SSSR count). The molecule has 3 aliphatic rings. The van der Waals surface area contributed by atoms with Crippen molar-refractivity contribution in [2.24, 2.45) is 11.8 Å². The molecule has 15 heteroatoms. The number of fused-ring (bicyclic) bond motifs is 1.